The van der Waals surface area contributed by atoms with Crippen LogP contribution in [0.5, 0.6) is 0 Å². The fraction of sp³-hybridized carbons (Fsp3) is 0.250. The SMILES string of the molecule is CCOC(=O)/C=C/C(=C\C(=O)OCC)S(=O)(=O)c1ccccc1. The molecule has 0 saturated heterocycles. The summed E-state index contributed by atoms with van der Waals surface area (Å²) in [5, 5.41) is 0. The van der Waals surface area contributed by atoms with Gasteiger partial charge in [-0.2, -0.15) is 0 Å². The van der Waals surface area contributed by atoms with Gasteiger partial charge in [-0.1, -0.05) is 18.2 Å². The smallest absolute Gasteiger partial charge is 0.332 e. The summed E-state index contributed by atoms with van der Waals surface area (Å²) in [7, 11) is -3.96. The summed E-state index contributed by atoms with van der Waals surface area (Å²) < 4.78 is 34.6. The Kier molecular flexibility index (Phi) is 7.21. The second kappa shape index (κ2) is 8.89. The number of rotatable bonds is 7. The Bertz CT molecular complexity index is 701. The van der Waals surface area contributed by atoms with Crippen molar-refractivity contribution >= 4 is 21.8 Å². The van der Waals surface area contributed by atoms with E-state index in [0.29, 0.717) is 0 Å². The van der Waals surface area contributed by atoms with Gasteiger partial charge in [-0.05, 0) is 32.1 Å². The van der Waals surface area contributed by atoms with Gasteiger partial charge >= 0.3 is 11.9 Å². The summed E-state index contributed by atoms with van der Waals surface area (Å²) in [5.74, 6) is -1.51. The van der Waals surface area contributed by atoms with Crippen LogP contribution in [0.25, 0.3) is 0 Å². The summed E-state index contributed by atoms with van der Waals surface area (Å²) in [4.78, 5) is 22.6. The molecule has 0 aliphatic rings. The van der Waals surface area contributed by atoms with E-state index in [-0.39, 0.29) is 23.0 Å². The van der Waals surface area contributed by atoms with Gasteiger partial charge in [-0.3, -0.25) is 0 Å². The van der Waals surface area contributed by atoms with Crippen LogP contribution in [-0.2, 0) is 28.9 Å². The zero-order chi connectivity index (χ0) is 17.3. The zero-order valence-electron chi connectivity index (χ0n) is 12.9. The van der Waals surface area contributed by atoms with E-state index >= 15 is 0 Å². The zero-order valence-corrected chi connectivity index (χ0v) is 13.7. The van der Waals surface area contributed by atoms with Crippen LogP contribution in [0.15, 0.2) is 58.4 Å². The number of sulfone groups is 1. The Balaban J connectivity index is 3.24. The molecular weight excluding hydrogens is 320 g/mol. The Morgan fingerprint density at radius 2 is 1.52 bits per heavy atom. The van der Waals surface area contributed by atoms with Gasteiger partial charge in [0.05, 0.1) is 23.0 Å². The molecule has 0 saturated carbocycles. The topological polar surface area (TPSA) is 86.7 Å². The minimum Gasteiger partial charge on any atom is -0.463 e. The molecule has 0 radical (unpaired) electrons. The van der Waals surface area contributed by atoms with Gasteiger partial charge in [0.15, 0.2) is 0 Å². The maximum atomic E-state index is 12.6. The lowest BCUT2D eigenvalue weighted by molar-refractivity contribution is -0.138. The lowest BCUT2D eigenvalue weighted by Gasteiger charge is -2.06. The first kappa shape index (κ1) is 18.6. The molecule has 6 nitrogen and oxygen atoms in total. The monoisotopic (exact) mass is 338 g/mol. The van der Waals surface area contributed by atoms with Gasteiger partial charge in [-0.15, -0.1) is 0 Å². The van der Waals surface area contributed by atoms with E-state index in [9.17, 15) is 18.0 Å². The maximum absolute atomic E-state index is 12.6. The molecule has 7 heteroatoms. The predicted octanol–water partition coefficient (Wildman–Crippen LogP) is 2.03. The molecule has 0 N–H and O–H groups in total. The van der Waals surface area contributed by atoms with E-state index in [4.69, 9.17) is 9.47 Å². The fourth-order valence-corrected chi connectivity index (χ4v) is 2.88. The van der Waals surface area contributed by atoms with Crippen molar-refractivity contribution in [2.75, 3.05) is 13.2 Å². The molecule has 124 valence electrons. The summed E-state index contributed by atoms with van der Waals surface area (Å²) in [5.41, 5.74) is 0. The van der Waals surface area contributed by atoms with Crippen LogP contribution in [0.3, 0.4) is 0 Å². The molecule has 1 aromatic carbocycles. The highest BCUT2D eigenvalue weighted by Crippen LogP contribution is 2.20. The Morgan fingerprint density at radius 3 is 2.09 bits per heavy atom. The third-order valence-corrected chi connectivity index (χ3v) is 4.35. The average Bonchev–Trinajstić information content (AvgIpc) is 2.52. The first-order valence-electron chi connectivity index (χ1n) is 6.95. The van der Waals surface area contributed by atoms with E-state index in [1.807, 2.05) is 0 Å². The largest absolute Gasteiger partial charge is 0.463 e. The first-order chi connectivity index (χ1) is 10.9. The molecule has 0 bridgehead atoms. The Morgan fingerprint density at radius 1 is 0.957 bits per heavy atom. The molecule has 0 spiro atoms. The van der Waals surface area contributed by atoms with Crippen molar-refractivity contribution in [1.29, 1.82) is 0 Å². The van der Waals surface area contributed by atoms with Crippen LogP contribution in [0.1, 0.15) is 13.8 Å². The molecule has 0 atom stereocenters. The van der Waals surface area contributed by atoms with Gasteiger partial charge < -0.3 is 9.47 Å². The minimum atomic E-state index is -3.96. The number of benzene rings is 1. The van der Waals surface area contributed by atoms with Crippen LogP contribution < -0.4 is 0 Å². The molecule has 0 amide bonds. The second-order valence-corrected chi connectivity index (χ2v) is 6.15. The van der Waals surface area contributed by atoms with Crippen molar-refractivity contribution in [2.24, 2.45) is 0 Å². The minimum absolute atomic E-state index is 0.00376. The highest BCUT2D eigenvalue weighted by molar-refractivity contribution is 7.95. The molecule has 0 heterocycles. The third kappa shape index (κ3) is 5.71. The van der Waals surface area contributed by atoms with E-state index < -0.39 is 21.8 Å². The molecule has 0 aliphatic carbocycles. The highest BCUT2D eigenvalue weighted by Gasteiger charge is 2.20. The Hall–Kier alpha value is -2.41. The molecule has 0 aliphatic heterocycles. The van der Waals surface area contributed by atoms with Crippen molar-refractivity contribution in [3.8, 4) is 0 Å². The summed E-state index contributed by atoms with van der Waals surface area (Å²) >= 11 is 0. The van der Waals surface area contributed by atoms with Gasteiger partial charge in [-0.25, -0.2) is 18.0 Å². The number of carbonyl (C=O) groups is 2. The maximum Gasteiger partial charge on any atom is 0.332 e. The van der Waals surface area contributed by atoms with Crippen molar-refractivity contribution in [3.63, 3.8) is 0 Å². The van der Waals surface area contributed by atoms with Crippen LogP contribution >= 0.6 is 0 Å². The predicted molar refractivity (Wildman–Crippen MR) is 84.1 cm³/mol. The summed E-state index contributed by atoms with van der Waals surface area (Å²) in [6.07, 6.45) is 2.81. The normalized spacial score (nSPS) is 12.2. The van der Waals surface area contributed by atoms with Gasteiger partial charge in [0, 0.05) is 12.2 Å². The number of hydrogen-bond donors (Lipinski definition) is 0. The van der Waals surface area contributed by atoms with Crippen molar-refractivity contribution in [3.05, 3.63) is 53.5 Å². The molecule has 0 aromatic heterocycles. The van der Waals surface area contributed by atoms with Crippen molar-refractivity contribution < 1.29 is 27.5 Å². The standard InChI is InChI=1S/C16H18O6S/c1-3-21-15(17)11-10-14(12-16(18)22-4-2)23(19,20)13-8-6-5-7-9-13/h5-12H,3-4H2,1-2H3/b11-10+,14-12+. The molecule has 1 rings (SSSR count). The molecule has 0 unspecified atom stereocenters. The fourth-order valence-electron chi connectivity index (χ4n) is 1.59. The van der Waals surface area contributed by atoms with Crippen LogP contribution in [0.4, 0.5) is 0 Å². The summed E-state index contributed by atoms with van der Waals surface area (Å²) in [6, 6.07) is 7.58. The highest BCUT2D eigenvalue weighted by atomic mass is 32.2. The van der Waals surface area contributed by atoms with E-state index in [0.717, 1.165) is 18.2 Å². The number of carbonyl (C=O) groups excluding carboxylic acids is 2. The van der Waals surface area contributed by atoms with E-state index in [2.05, 4.69) is 0 Å². The van der Waals surface area contributed by atoms with Gasteiger partial charge in [0.1, 0.15) is 0 Å². The van der Waals surface area contributed by atoms with Gasteiger partial charge in [0.25, 0.3) is 0 Å². The lowest BCUT2D eigenvalue weighted by atomic mass is 10.4. The summed E-state index contributed by atoms with van der Waals surface area (Å²) in [6.45, 7) is 3.49. The quantitative estimate of drug-likeness (QED) is 0.429. The van der Waals surface area contributed by atoms with E-state index in [1.54, 1.807) is 32.0 Å². The number of esters is 2. The van der Waals surface area contributed by atoms with Crippen LogP contribution in [-0.4, -0.2) is 33.6 Å². The number of allylic oxidation sites excluding steroid dienone is 1. The van der Waals surface area contributed by atoms with Crippen LogP contribution in [0, 0.1) is 0 Å². The molecular formula is C16H18O6S. The first-order valence-corrected chi connectivity index (χ1v) is 8.43. The number of ether oxygens (including phenoxy) is 2. The molecule has 1 aromatic rings. The van der Waals surface area contributed by atoms with Crippen molar-refractivity contribution in [2.45, 2.75) is 18.7 Å². The van der Waals surface area contributed by atoms with Crippen molar-refractivity contribution in [1.82, 2.24) is 0 Å². The Labute approximate surface area is 135 Å². The van der Waals surface area contributed by atoms with Gasteiger partial charge in [0.2, 0.25) is 9.84 Å². The molecule has 0 fully saturated rings. The van der Waals surface area contributed by atoms with Crippen LogP contribution in [0.2, 0.25) is 0 Å². The lowest BCUT2D eigenvalue weighted by Crippen LogP contribution is -2.08. The number of hydrogen-bond acceptors (Lipinski definition) is 6. The second-order valence-electron chi connectivity index (χ2n) is 4.20. The average molecular weight is 338 g/mol. The van der Waals surface area contributed by atoms with E-state index in [1.165, 1.54) is 12.1 Å². The third-order valence-electron chi connectivity index (χ3n) is 2.58. The molecule has 23 heavy (non-hydrogen) atoms.